The first-order valence-electron chi connectivity index (χ1n) is 9.80. The van der Waals surface area contributed by atoms with Crippen molar-refractivity contribution in [3.63, 3.8) is 0 Å². The molecule has 0 radical (unpaired) electrons. The van der Waals surface area contributed by atoms with Gasteiger partial charge in [0, 0.05) is 19.0 Å². The molecule has 0 unspecified atom stereocenters. The number of amides is 3. The molecule has 2 heterocycles. The van der Waals surface area contributed by atoms with E-state index in [-0.39, 0.29) is 30.4 Å². The molecule has 1 N–H and O–H groups in total. The van der Waals surface area contributed by atoms with Crippen molar-refractivity contribution < 1.29 is 24.2 Å². The zero-order valence-electron chi connectivity index (χ0n) is 16.8. The lowest BCUT2D eigenvalue weighted by Crippen LogP contribution is -2.45. The second-order valence-electron chi connectivity index (χ2n) is 8.11. The first kappa shape index (κ1) is 20.2. The van der Waals surface area contributed by atoms with Crippen LogP contribution in [-0.4, -0.2) is 52.2 Å². The Kier molecular flexibility index (Phi) is 5.63. The molecule has 3 atom stereocenters. The van der Waals surface area contributed by atoms with E-state index in [1.165, 1.54) is 9.80 Å². The highest BCUT2D eigenvalue weighted by atomic mass is 16.6. The van der Waals surface area contributed by atoms with Crippen LogP contribution in [0.5, 0.6) is 0 Å². The summed E-state index contributed by atoms with van der Waals surface area (Å²) < 4.78 is 5.13. The van der Waals surface area contributed by atoms with Crippen LogP contribution in [0.15, 0.2) is 18.2 Å². The summed E-state index contributed by atoms with van der Waals surface area (Å²) in [4.78, 5) is 39.2. The highest BCUT2D eigenvalue weighted by molar-refractivity contribution is 5.95. The first-order valence-corrected chi connectivity index (χ1v) is 9.80. The topological polar surface area (TPSA) is 87.2 Å². The van der Waals surface area contributed by atoms with Crippen LogP contribution >= 0.6 is 0 Å². The van der Waals surface area contributed by atoms with Crippen LogP contribution in [0.4, 0.5) is 9.59 Å². The van der Waals surface area contributed by atoms with Gasteiger partial charge in [-0.15, -0.1) is 0 Å². The molecule has 0 aliphatic carbocycles. The van der Waals surface area contributed by atoms with E-state index in [4.69, 9.17) is 4.74 Å². The summed E-state index contributed by atoms with van der Waals surface area (Å²) in [6.45, 7) is 8.85. The van der Waals surface area contributed by atoms with Crippen LogP contribution in [-0.2, 0) is 22.5 Å². The maximum absolute atomic E-state index is 13.1. The molecular weight excluding hydrogens is 360 g/mol. The largest absolute Gasteiger partial charge is 0.465 e. The Hall–Kier alpha value is -2.57. The number of fused-ring (bicyclic) bond motifs is 1. The van der Waals surface area contributed by atoms with Gasteiger partial charge in [-0.25, -0.2) is 14.5 Å². The fourth-order valence-corrected chi connectivity index (χ4v) is 4.11. The van der Waals surface area contributed by atoms with Crippen LogP contribution in [0.1, 0.15) is 50.3 Å². The molecule has 3 amide bonds. The van der Waals surface area contributed by atoms with Crippen molar-refractivity contribution in [2.75, 3.05) is 13.2 Å². The van der Waals surface area contributed by atoms with Crippen molar-refractivity contribution in [3.05, 3.63) is 34.9 Å². The zero-order valence-corrected chi connectivity index (χ0v) is 16.8. The van der Waals surface area contributed by atoms with Gasteiger partial charge in [0.15, 0.2) is 0 Å². The van der Waals surface area contributed by atoms with Crippen LogP contribution in [0.3, 0.4) is 0 Å². The molecule has 1 aromatic carbocycles. The third-order valence-corrected chi connectivity index (χ3v) is 6.12. The van der Waals surface area contributed by atoms with E-state index in [2.05, 4.69) is 0 Å². The lowest BCUT2D eigenvalue weighted by atomic mass is 9.81. The molecule has 1 fully saturated rings. The minimum atomic E-state index is -0.917. The van der Waals surface area contributed by atoms with E-state index in [9.17, 15) is 19.5 Å². The molecule has 0 saturated carbocycles. The Morgan fingerprint density at radius 2 is 1.93 bits per heavy atom. The summed E-state index contributed by atoms with van der Waals surface area (Å²) in [6.07, 6.45) is -0.849. The Morgan fingerprint density at radius 3 is 2.57 bits per heavy atom. The number of nitrogens with zero attached hydrogens (tertiary/aromatic N) is 2. The fraction of sp³-hybridized carbons (Fsp3) is 0.571. The number of carbonyl (C=O) groups is 3. The molecule has 0 bridgehead atoms. The first-order chi connectivity index (χ1) is 13.2. The molecule has 1 saturated heterocycles. The molecule has 2 aliphatic rings. The highest BCUT2D eigenvalue weighted by Gasteiger charge is 2.42. The van der Waals surface area contributed by atoms with E-state index in [0.717, 1.165) is 16.7 Å². The molecule has 2 aliphatic heterocycles. The average molecular weight is 388 g/mol. The van der Waals surface area contributed by atoms with Crippen molar-refractivity contribution in [2.24, 2.45) is 11.8 Å². The summed E-state index contributed by atoms with van der Waals surface area (Å²) in [5, 5.41) is 9.25. The van der Waals surface area contributed by atoms with Gasteiger partial charge >= 0.3 is 12.2 Å². The number of carboxylic acid groups (broad SMARTS) is 1. The van der Waals surface area contributed by atoms with Crippen molar-refractivity contribution >= 4 is 18.1 Å². The number of hydrogen-bond donors (Lipinski definition) is 1. The lowest BCUT2D eigenvalue weighted by Gasteiger charge is -2.32. The maximum atomic E-state index is 13.1. The number of ether oxygens (including phenoxy) is 1. The number of hydrogen-bond acceptors (Lipinski definition) is 4. The average Bonchev–Trinajstić information content (AvgIpc) is 3.07. The van der Waals surface area contributed by atoms with Crippen LogP contribution in [0.25, 0.3) is 0 Å². The molecule has 0 aromatic heterocycles. The molecule has 1 aromatic rings. The highest BCUT2D eigenvalue weighted by Crippen LogP contribution is 2.34. The molecule has 152 valence electrons. The van der Waals surface area contributed by atoms with Gasteiger partial charge in [-0.2, -0.15) is 0 Å². The Labute approximate surface area is 165 Å². The van der Waals surface area contributed by atoms with Crippen LogP contribution < -0.4 is 0 Å². The van der Waals surface area contributed by atoms with Gasteiger partial charge in [0.2, 0.25) is 5.91 Å². The fourth-order valence-electron chi connectivity index (χ4n) is 4.11. The second kappa shape index (κ2) is 7.81. The van der Waals surface area contributed by atoms with Gasteiger partial charge in [-0.05, 0) is 34.9 Å². The normalized spacial score (nSPS) is 21.3. The third kappa shape index (κ3) is 3.57. The predicted octanol–water partition coefficient (Wildman–Crippen LogP) is 3.47. The number of carbonyl (C=O) groups excluding carboxylic acids is 2. The van der Waals surface area contributed by atoms with Crippen molar-refractivity contribution in [1.29, 1.82) is 0 Å². The van der Waals surface area contributed by atoms with Crippen LogP contribution in [0.2, 0.25) is 0 Å². The molecule has 28 heavy (non-hydrogen) atoms. The number of rotatable bonds is 4. The Bertz CT molecular complexity index is 791. The number of benzene rings is 1. The minimum Gasteiger partial charge on any atom is -0.465 e. The van der Waals surface area contributed by atoms with E-state index in [0.29, 0.717) is 19.5 Å². The van der Waals surface area contributed by atoms with E-state index < -0.39 is 18.1 Å². The second-order valence-corrected chi connectivity index (χ2v) is 8.11. The monoisotopic (exact) mass is 388 g/mol. The standard InChI is InChI=1S/C21H28N2O5/c1-12(2)18-11-28-21(27)23(18)19(24)14(4)13(3)16-7-5-6-15-10-22(20(25)26)9-8-17(15)16/h5-7,12-14,18H,8-11H2,1-4H3,(H,25,26)/t13-,14+,18-/m1/s1. The molecular formula is C21H28N2O5. The Balaban J connectivity index is 1.83. The van der Waals surface area contributed by atoms with E-state index in [1.807, 2.05) is 45.9 Å². The van der Waals surface area contributed by atoms with Crippen molar-refractivity contribution in [3.8, 4) is 0 Å². The third-order valence-electron chi connectivity index (χ3n) is 6.12. The van der Waals surface area contributed by atoms with Crippen LogP contribution in [0, 0.1) is 11.8 Å². The van der Waals surface area contributed by atoms with Gasteiger partial charge < -0.3 is 14.7 Å². The van der Waals surface area contributed by atoms with Gasteiger partial charge in [-0.1, -0.05) is 45.9 Å². The molecule has 0 spiro atoms. The lowest BCUT2D eigenvalue weighted by molar-refractivity contribution is -0.134. The van der Waals surface area contributed by atoms with Crippen molar-refractivity contribution in [1.82, 2.24) is 9.80 Å². The number of imide groups is 1. The summed E-state index contributed by atoms with van der Waals surface area (Å²) in [5.41, 5.74) is 3.16. The maximum Gasteiger partial charge on any atom is 0.416 e. The summed E-state index contributed by atoms with van der Waals surface area (Å²) in [7, 11) is 0. The van der Waals surface area contributed by atoms with Gasteiger partial charge in [0.1, 0.15) is 6.61 Å². The minimum absolute atomic E-state index is 0.0972. The van der Waals surface area contributed by atoms with Gasteiger partial charge in [0.25, 0.3) is 0 Å². The Morgan fingerprint density at radius 1 is 1.21 bits per heavy atom. The smallest absolute Gasteiger partial charge is 0.416 e. The van der Waals surface area contributed by atoms with Crippen molar-refractivity contribution in [2.45, 2.75) is 52.6 Å². The molecule has 7 nitrogen and oxygen atoms in total. The summed E-state index contributed by atoms with van der Waals surface area (Å²) in [6, 6.07) is 5.63. The van der Waals surface area contributed by atoms with E-state index in [1.54, 1.807) is 0 Å². The molecule has 3 rings (SSSR count). The van der Waals surface area contributed by atoms with E-state index >= 15 is 0 Å². The quantitative estimate of drug-likeness (QED) is 0.853. The predicted molar refractivity (Wildman–Crippen MR) is 103 cm³/mol. The molecule has 7 heteroatoms. The SMILES string of the molecule is CC(C)[C@H]1COC(=O)N1C(=O)[C@@H](C)[C@@H](C)c1cccc2c1CCN(C(=O)O)C2. The van der Waals surface area contributed by atoms with Gasteiger partial charge in [0.05, 0.1) is 6.04 Å². The number of cyclic esters (lactones) is 1. The van der Waals surface area contributed by atoms with Gasteiger partial charge in [-0.3, -0.25) is 4.79 Å². The zero-order chi connectivity index (χ0) is 20.6. The summed E-state index contributed by atoms with van der Waals surface area (Å²) in [5.74, 6) is -0.574. The summed E-state index contributed by atoms with van der Waals surface area (Å²) >= 11 is 0.